The first-order chi connectivity index (χ1) is 13.7. The minimum atomic E-state index is -0.278. The molecule has 0 radical (unpaired) electrons. The summed E-state index contributed by atoms with van der Waals surface area (Å²) < 4.78 is 10.9. The van der Waals surface area contributed by atoms with Crippen LogP contribution in [0.4, 0.5) is 0 Å². The number of rotatable bonds is 11. The van der Waals surface area contributed by atoms with Gasteiger partial charge < -0.3 is 9.47 Å². The number of carbonyl (C=O) groups is 2. The van der Waals surface area contributed by atoms with Gasteiger partial charge in [-0.3, -0.25) is 0 Å². The molecule has 4 heteroatoms. The third-order valence-electron chi connectivity index (χ3n) is 5.18. The zero-order valence-corrected chi connectivity index (χ0v) is 16.8. The maximum atomic E-state index is 12.1. The molecule has 150 valence electrons. The first-order valence-corrected chi connectivity index (χ1v) is 10.1. The molecule has 0 heterocycles. The second kappa shape index (κ2) is 12.0. The van der Waals surface area contributed by atoms with E-state index in [-0.39, 0.29) is 11.9 Å². The molecule has 0 saturated carbocycles. The molecule has 0 bridgehead atoms. The number of esters is 2. The molecule has 4 nitrogen and oxygen atoms in total. The van der Waals surface area contributed by atoms with Crippen molar-refractivity contribution < 1.29 is 19.1 Å². The first kappa shape index (κ1) is 21.7. The van der Waals surface area contributed by atoms with E-state index in [9.17, 15) is 9.59 Å². The van der Waals surface area contributed by atoms with Crippen LogP contribution in [0.3, 0.4) is 0 Å². The van der Waals surface area contributed by atoms with Crippen molar-refractivity contribution in [2.45, 2.75) is 39.5 Å². The molecule has 2 unspecified atom stereocenters. The van der Waals surface area contributed by atoms with E-state index in [4.69, 9.17) is 9.47 Å². The highest BCUT2D eigenvalue weighted by molar-refractivity contribution is 5.89. The summed E-state index contributed by atoms with van der Waals surface area (Å²) in [7, 11) is 0. The van der Waals surface area contributed by atoms with E-state index in [0.29, 0.717) is 36.2 Å². The minimum absolute atomic E-state index is 0.278. The van der Waals surface area contributed by atoms with Crippen molar-refractivity contribution in [1.82, 2.24) is 0 Å². The second-order valence-corrected chi connectivity index (χ2v) is 6.92. The van der Waals surface area contributed by atoms with E-state index in [0.717, 1.165) is 25.7 Å². The number of hydrogen-bond acceptors (Lipinski definition) is 4. The highest BCUT2D eigenvalue weighted by Crippen LogP contribution is 2.26. The van der Waals surface area contributed by atoms with Crippen LogP contribution in [0.5, 0.6) is 0 Å². The van der Waals surface area contributed by atoms with Gasteiger partial charge in [0.05, 0.1) is 24.3 Å². The van der Waals surface area contributed by atoms with Crippen molar-refractivity contribution >= 4 is 11.9 Å². The summed E-state index contributed by atoms with van der Waals surface area (Å²) >= 11 is 0. The first-order valence-electron chi connectivity index (χ1n) is 10.1. The van der Waals surface area contributed by atoms with Gasteiger partial charge in [0, 0.05) is 0 Å². The predicted octanol–water partition coefficient (Wildman–Crippen LogP) is 5.53. The summed E-state index contributed by atoms with van der Waals surface area (Å²) in [6.45, 7) is 5.13. The third kappa shape index (κ3) is 6.84. The number of ether oxygens (including phenoxy) is 2. The second-order valence-electron chi connectivity index (χ2n) is 6.92. The summed E-state index contributed by atoms with van der Waals surface area (Å²) in [5, 5.41) is 0. The van der Waals surface area contributed by atoms with Gasteiger partial charge in [-0.2, -0.15) is 0 Å². The number of benzene rings is 2. The van der Waals surface area contributed by atoms with E-state index < -0.39 is 0 Å². The molecule has 0 fully saturated rings. The lowest BCUT2D eigenvalue weighted by molar-refractivity contribution is 0.0412. The Kier molecular flexibility index (Phi) is 9.26. The van der Waals surface area contributed by atoms with Gasteiger partial charge in [0.25, 0.3) is 0 Å². The molecule has 0 aliphatic heterocycles. The van der Waals surface area contributed by atoms with Gasteiger partial charge in [-0.05, 0) is 48.9 Å². The average Bonchev–Trinajstić information content (AvgIpc) is 2.75. The van der Waals surface area contributed by atoms with E-state index in [1.807, 2.05) is 36.4 Å². The van der Waals surface area contributed by atoms with Gasteiger partial charge in [0.2, 0.25) is 0 Å². The maximum Gasteiger partial charge on any atom is 0.338 e. The molecule has 2 atom stereocenters. The average molecular weight is 383 g/mol. The smallest absolute Gasteiger partial charge is 0.338 e. The fourth-order valence-corrected chi connectivity index (χ4v) is 3.47. The minimum Gasteiger partial charge on any atom is -0.462 e. The van der Waals surface area contributed by atoms with Gasteiger partial charge in [0.1, 0.15) is 0 Å². The molecule has 0 amide bonds. The van der Waals surface area contributed by atoms with Crippen LogP contribution >= 0.6 is 0 Å². The molecule has 0 aliphatic rings. The monoisotopic (exact) mass is 382 g/mol. The van der Waals surface area contributed by atoms with Crippen LogP contribution in [0.25, 0.3) is 0 Å². The summed E-state index contributed by atoms with van der Waals surface area (Å²) in [6, 6.07) is 18.1. The Labute approximate surface area is 167 Å². The Balaban J connectivity index is 1.75. The Morgan fingerprint density at radius 1 is 0.679 bits per heavy atom. The van der Waals surface area contributed by atoms with Gasteiger partial charge >= 0.3 is 11.9 Å². The maximum absolute atomic E-state index is 12.1. The summed E-state index contributed by atoms with van der Waals surface area (Å²) in [4.78, 5) is 24.1. The molecule has 28 heavy (non-hydrogen) atoms. The Hall–Kier alpha value is -2.62. The van der Waals surface area contributed by atoms with Gasteiger partial charge in [-0.25, -0.2) is 9.59 Å². The SMILES string of the molecule is CCC(CCOC(=O)c1ccccc1)C(CC)CCOC(=O)c1ccccc1. The number of hydrogen-bond donors (Lipinski definition) is 0. The topological polar surface area (TPSA) is 52.6 Å². The van der Waals surface area contributed by atoms with Crippen molar-refractivity contribution in [2.75, 3.05) is 13.2 Å². The van der Waals surface area contributed by atoms with Crippen molar-refractivity contribution in [3.63, 3.8) is 0 Å². The molecular formula is C24H30O4. The quantitative estimate of drug-likeness (QED) is 0.479. The largest absolute Gasteiger partial charge is 0.462 e. The highest BCUT2D eigenvalue weighted by Gasteiger charge is 2.20. The molecule has 0 spiro atoms. The summed E-state index contributed by atoms with van der Waals surface area (Å²) in [5.74, 6) is 0.314. The van der Waals surface area contributed by atoms with E-state index >= 15 is 0 Å². The van der Waals surface area contributed by atoms with Crippen molar-refractivity contribution in [3.05, 3.63) is 71.8 Å². The molecule has 0 aliphatic carbocycles. The normalized spacial score (nSPS) is 12.8. The fourth-order valence-electron chi connectivity index (χ4n) is 3.47. The molecular weight excluding hydrogens is 352 g/mol. The van der Waals surface area contributed by atoms with Crippen LogP contribution in [0.2, 0.25) is 0 Å². The van der Waals surface area contributed by atoms with E-state index in [2.05, 4.69) is 13.8 Å². The van der Waals surface area contributed by atoms with E-state index in [1.165, 1.54) is 0 Å². The van der Waals surface area contributed by atoms with Crippen molar-refractivity contribution in [2.24, 2.45) is 11.8 Å². The molecule has 0 N–H and O–H groups in total. The van der Waals surface area contributed by atoms with E-state index in [1.54, 1.807) is 24.3 Å². The fraction of sp³-hybridized carbons (Fsp3) is 0.417. The number of carbonyl (C=O) groups excluding carboxylic acids is 2. The van der Waals surface area contributed by atoms with Gasteiger partial charge in [-0.15, -0.1) is 0 Å². The van der Waals surface area contributed by atoms with Crippen LogP contribution in [-0.4, -0.2) is 25.2 Å². The third-order valence-corrected chi connectivity index (χ3v) is 5.18. The van der Waals surface area contributed by atoms with Crippen LogP contribution in [-0.2, 0) is 9.47 Å². The van der Waals surface area contributed by atoms with Gasteiger partial charge in [0.15, 0.2) is 0 Å². The van der Waals surface area contributed by atoms with Crippen LogP contribution in [0, 0.1) is 11.8 Å². The Morgan fingerprint density at radius 3 is 1.36 bits per heavy atom. The lowest BCUT2D eigenvalue weighted by Crippen LogP contribution is -2.19. The summed E-state index contributed by atoms with van der Waals surface area (Å²) in [6.07, 6.45) is 3.66. The lowest BCUT2D eigenvalue weighted by atomic mass is 9.83. The summed E-state index contributed by atoms with van der Waals surface area (Å²) in [5.41, 5.74) is 1.16. The molecule has 2 aromatic carbocycles. The van der Waals surface area contributed by atoms with Gasteiger partial charge in [-0.1, -0.05) is 63.1 Å². The van der Waals surface area contributed by atoms with Crippen LogP contribution < -0.4 is 0 Å². The molecule has 2 aromatic rings. The van der Waals surface area contributed by atoms with Crippen molar-refractivity contribution in [3.8, 4) is 0 Å². The molecule has 0 saturated heterocycles. The Morgan fingerprint density at radius 2 is 1.04 bits per heavy atom. The van der Waals surface area contributed by atoms with Crippen molar-refractivity contribution in [1.29, 1.82) is 0 Å². The van der Waals surface area contributed by atoms with Crippen LogP contribution in [0.15, 0.2) is 60.7 Å². The Bertz CT molecular complexity index is 648. The predicted molar refractivity (Wildman–Crippen MR) is 110 cm³/mol. The zero-order valence-electron chi connectivity index (χ0n) is 16.8. The lowest BCUT2D eigenvalue weighted by Gasteiger charge is -2.25. The highest BCUT2D eigenvalue weighted by atomic mass is 16.5. The van der Waals surface area contributed by atoms with Crippen LogP contribution in [0.1, 0.15) is 60.2 Å². The zero-order chi connectivity index (χ0) is 20.2. The molecule has 0 aromatic heterocycles. The molecule has 2 rings (SSSR count). The standard InChI is InChI=1S/C24H30O4/c1-3-19(15-17-27-23(25)21-11-7-5-8-12-21)20(4-2)16-18-28-24(26)22-13-9-6-10-14-22/h5-14,19-20H,3-4,15-18H2,1-2H3.